The van der Waals surface area contributed by atoms with Crippen LogP contribution in [0.3, 0.4) is 0 Å². The Labute approximate surface area is 294 Å². The first-order valence-corrected chi connectivity index (χ1v) is 20.1. The molecule has 6 fully saturated rings. The molecule has 7 heteroatoms. The van der Waals surface area contributed by atoms with E-state index in [9.17, 15) is 19.8 Å². The molecule has 2 saturated heterocycles. The number of fused-ring (bicyclic) bond motifs is 6. The molecule has 2 amide bonds. The van der Waals surface area contributed by atoms with Gasteiger partial charge in [-0.15, -0.1) is 0 Å². The minimum absolute atomic E-state index is 0.0543. The number of carbonyl (C=O) groups is 2. The molecule has 49 heavy (non-hydrogen) atoms. The lowest BCUT2D eigenvalue weighted by atomic mass is 9.44. The average Bonchev–Trinajstić information content (AvgIpc) is 3.66. The largest absolute Gasteiger partial charge is 0.393 e. The minimum atomic E-state index is -0.372. The highest BCUT2D eigenvalue weighted by atomic mass is 16.3. The fraction of sp³-hybridized carbons (Fsp3) is 0.762. The number of nitrogens with zero attached hydrogens (tertiary/aromatic N) is 3. The monoisotopic (exact) mass is 671 g/mol. The van der Waals surface area contributed by atoms with E-state index in [4.69, 9.17) is 0 Å². The summed E-state index contributed by atoms with van der Waals surface area (Å²) in [5.74, 6) is 3.21. The van der Waals surface area contributed by atoms with Crippen molar-refractivity contribution in [1.82, 2.24) is 14.7 Å². The Bertz CT molecular complexity index is 1450. The van der Waals surface area contributed by atoms with Crippen LogP contribution in [0.1, 0.15) is 109 Å². The molecule has 2 N–H and O–H groups in total. The van der Waals surface area contributed by atoms with E-state index in [1.807, 2.05) is 9.80 Å². The van der Waals surface area contributed by atoms with Gasteiger partial charge in [-0.1, -0.05) is 51.5 Å². The normalized spacial score (nSPS) is 42.4. The minimum Gasteiger partial charge on any atom is -0.393 e. The second-order valence-electron chi connectivity index (χ2n) is 17.9. The van der Waals surface area contributed by atoms with Crippen molar-refractivity contribution in [2.45, 2.75) is 129 Å². The lowest BCUT2D eigenvalue weighted by Crippen LogP contribution is -2.62. The molecule has 7 nitrogen and oxygen atoms in total. The summed E-state index contributed by atoms with van der Waals surface area (Å²) in [5.41, 5.74) is 3.64. The van der Waals surface area contributed by atoms with Crippen molar-refractivity contribution in [2.75, 3.05) is 32.7 Å². The van der Waals surface area contributed by atoms with Crippen LogP contribution in [0.2, 0.25) is 0 Å². The fourth-order valence-electron chi connectivity index (χ4n) is 12.8. The van der Waals surface area contributed by atoms with Gasteiger partial charge in [-0.3, -0.25) is 14.5 Å². The molecule has 2 heterocycles. The van der Waals surface area contributed by atoms with Gasteiger partial charge in [0, 0.05) is 44.3 Å². The van der Waals surface area contributed by atoms with Gasteiger partial charge in [-0.25, -0.2) is 0 Å². The summed E-state index contributed by atoms with van der Waals surface area (Å²) in [7, 11) is 0. The highest BCUT2D eigenvalue weighted by molar-refractivity contribution is 6.01. The predicted molar refractivity (Wildman–Crippen MR) is 192 cm³/mol. The Hall–Kier alpha value is -2.22. The van der Waals surface area contributed by atoms with E-state index in [-0.39, 0.29) is 46.9 Å². The molecule has 1 aromatic carbocycles. The van der Waals surface area contributed by atoms with Crippen molar-refractivity contribution in [3.8, 4) is 0 Å². The number of aliphatic hydroxyl groups is 2. The van der Waals surface area contributed by atoms with Crippen LogP contribution in [-0.2, 0) is 16.0 Å². The molecule has 0 bridgehead atoms. The topological polar surface area (TPSA) is 84.3 Å². The highest BCUT2D eigenvalue weighted by Crippen LogP contribution is 2.66. The summed E-state index contributed by atoms with van der Waals surface area (Å²) in [5, 5.41) is 22.5. The first-order valence-electron chi connectivity index (χ1n) is 20.1. The van der Waals surface area contributed by atoms with Crippen LogP contribution >= 0.6 is 0 Å². The second-order valence-corrected chi connectivity index (χ2v) is 17.9. The number of carbonyl (C=O) groups excluding carboxylic acids is 2. The van der Waals surface area contributed by atoms with E-state index >= 15 is 0 Å². The van der Waals surface area contributed by atoms with Gasteiger partial charge in [0.05, 0.1) is 12.2 Å². The average molecular weight is 672 g/mol. The number of rotatable bonds is 4. The van der Waals surface area contributed by atoms with Gasteiger partial charge in [-0.2, -0.15) is 0 Å². The molecule has 0 spiro atoms. The number of benzene rings is 1. The maximum absolute atomic E-state index is 14.1. The molecule has 0 radical (unpaired) electrons. The van der Waals surface area contributed by atoms with Crippen LogP contribution < -0.4 is 0 Å². The summed E-state index contributed by atoms with van der Waals surface area (Å²) < 4.78 is 0. The van der Waals surface area contributed by atoms with Crippen molar-refractivity contribution in [3.05, 3.63) is 41.0 Å². The Morgan fingerprint density at radius 1 is 0.878 bits per heavy atom. The summed E-state index contributed by atoms with van der Waals surface area (Å²) in [6.45, 7) is 10.7. The molecular weight excluding hydrogens is 610 g/mol. The molecule has 2 aliphatic heterocycles. The van der Waals surface area contributed by atoms with Gasteiger partial charge in [0.2, 0.25) is 11.8 Å². The molecule has 4 saturated carbocycles. The number of piperazine rings is 1. The van der Waals surface area contributed by atoms with Crippen molar-refractivity contribution in [1.29, 1.82) is 0 Å². The predicted octanol–water partition coefficient (Wildman–Crippen LogP) is 5.92. The summed E-state index contributed by atoms with van der Waals surface area (Å²) in [6, 6.07) is 8.22. The van der Waals surface area contributed by atoms with Crippen LogP contribution in [0.4, 0.5) is 0 Å². The third kappa shape index (κ3) is 5.73. The van der Waals surface area contributed by atoms with Crippen molar-refractivity contribution < 1.29 is 19.8 Å². The Balaban J connectivity index is 0.921. The molecular formula is C42H61N3O4. The third-order valence-corrected chi connectivity index (χ3v) is 15.8. The van der Waals surface area contributed by atoms with Crippen LogP contribution in [0.25, 0.3) is 6.08 Å². The molecule has 268 valence electrons. The molecule has 11 unspecified atom stereocenters. The van der Waals surface area contributed by atoms with Gasteiger partial charge in [0.15, 0.2) is 0 Å². The van der Waals surface area contributed by atoms with Gasteiger partial charge < -0.3 is 20.0 Å². The van der Waals surface area contributed by atoms with E-state index in [1.165, 1.54) is 31.2 Å². The van der Waals surface area contributed by atoms with Crippen LogP contribution in [0, 0.1) is 40.4 Å². The van der Waals surface area contributed by atoms with E-state index < -0.39 is 0 Å². The number of aliphatic hydroxyl groups excluding tert-OH is 2. The summed E-state index contributed by atoms with van der Waals surface area (Å²) >= 11 is 0. The number of likely N-dealkylation sites (tertiary alicyclic amines) is 1. The van der Waals surface area contributed by atoms with Crippen LogP contribution in [-0.4, -0.2) is 93.7 Å². The van der Waals surface area contributed by atoms with Gasteiger partial charge in [0.25, 0.3) is 0 Å². The Morgan fingerprint density at radius 2 is 1.65 bits per heavy atom. The SMILES string of the molecule is CCC1CC(C(=O)N2CCCC2C(=O)N2CCN(C3CC4(C)C(CCC5C6CCC(O)C6(C)CCC54)CC3O)CC2)=Cc2ccccc2C1. The van der Waals surface area contributed by atoms with E-state index in [1.54, 1.807) is 0 Å². The van der Waals surface area contributed by atoms with Gasteiger partial charge in [-0.05, 0) is 135 Å². The van der Waals surface area contributed by atoms with Gasteiger partial charge in [0.1, 0.15) is 6.04 Å². The van der Waals surface area contributed by atoms with Crippen molar-refractivity contribution >= 4 is 17.9 Å². The fourth-order valence-corrected chi connectivity index (χ4v) is 12.8. The molecule has 11 atom stereocenters. The second kappa shape index (κ2) is 13.1. The molecule has 0 aromatic heterocycles. The van der Waals surface area contributed by atoms with Gasteiger partial charge >= 0.3 is 0 Å². The highest BCUT2D eigenvalue weighted by Gasteiger charge is 2.61. The molecule has 1 aromatic rings. The zero-order valence-corrected chi connectivity index (χ0v) is 30.4. The zero-order chi connectivity index (χ0) is 34.1. The lowest BCUT2D eigenvalue weighted by Gasteiger charge is -2.62. The maximum atomic E-state index is 14.1. The molecule has 5 aliphatic carbocycles. The van der Waals surface area contributed by atoms with Crippen molar-refractivity contribution in [3.63, 3.8) is 0 Å². The first kappa shape index (κ1) is 33.9. The third-order valence-electron chi connectivity index (χ3n) is 15.8. The Morgan fingerprint density at radius 3 is 2.45 bits per heavy atom. The van der Waals surface area contributed by atoms with Crippen LogP contribution in [0.5, 0.6) is 0 Å². The van der Waals surface area contributed by atoms with Crippen molar-refractivity contribution in [2.24, 2.45) is 40.4 Å². The lowest BCUT2D eigenvalue weighted by molar-refractivity contribution is -0.157. The quantitative estimate of drug-likeness (QED) is 0.416. The standard InChI is InChI=1S/C42H61N3O4/c1-4-27-22-28-8-5-6-9-29(28)24-30(23-27)39(48)45-17-7-10-35(45)40(49)44-20-18-43(19-21-44)36-26-42(3)31(25-37(36)46)11-12-32-33-13-14-38(47)41(33,2)16-15-34(32)42/h5-6,8-9,24,27,31-38,46-47H,4,7,10-23,25-26H2,1-3H3. The van der Waals surface area contributed by atoms with E-state index in [0.29, 0.717) is 49.2 Å². The first-order chi connectivity index (χ1) is 23.6. The van der Waals surface area contributed by atoms with Crippen LogP contribution in [0.15, 0.2) is 29.8 Å². The zero-order valence-electron chi connectivity index (χ0n) is 30.4. The number of hydrogen-bond donors (Lipinski definition) is 2. The molecule has 7 aliphatic rings. The van der Waals surface area contributed by atoms with E-state index in [0.717, 1.165) is 82.0 Å². The summed E-state index contributed by atoms with van der Waals surface area (Å²) in [4.78, 5) is 34.6. The number of amides is 2. The summed E-state index contributed by atoms with van der Waals surface area (Å²) in [6.07, 6.45) is 15.0. The maximum Gasteiger partial charge on any atom is 0.250 e. The molecule has 8 rings (SSSR count). The smallest absolute Gasteiger partial charge is 0.250 e. The number of hydrogen-bond acceptors (Lipinski definition) is 5. The van der Waals surface area contributed by atoms with E-state index in [2.05, 4.69) is 56.0 Å². The Kier molecular flexibility index (Phi) is 9.05.